The standard InChI is InChI=1S/C17H23FN2O/c18-14-6-4-5-13(11-14)16(21)20-15-7-10-19-17(12-15)8-2-1-3-9-17/h4-6,11,15,19H,1-3,7-10,12H2,(H,20,21). The lowest BCUT2D eigenvalue weighted by atomic mass is 9.75. The fraction of sp³-hybridized carbons (Fsp3) is 0.588. The Labute approximate surface area is 125 Å². The van der Waals surface area contributed by atoms with Crippen molar-refractivity contribution in [3.8, 4) is 0 Å². The molecule has 1 amide bonds. The third-order valence-electron chi connectivity index (χ3n) is 4.86. The van der Waals surface area contributed by atoms with Crippen LogP contribution in [0, 0.1) is 5.82 Å². The van der Waals surface area contributed by atoms with E-state index in [4.69, 9.17) is 0 Å². The van der Waals surface area contributed by atoms with Crippen LogP contribution in [0.5, 0.6) is 0 Å². The third kappa shape index (κ3) is 3.43. The summed E-state index contributed by atoms with van der Waals surface area (Å²) in [4.78, 5) is 12.2. The van der Waals surface area contributed by atoms with E-state index in [-0.39, 0.29) is 23.3 Å². The fourth-order valence-corrected chi connectivity index (χ4v) is 3.79. The lowest BCUT2D eigenvalue weighted by molar-refractivity contribution is 0.0892. The smallest absolute Gasteiger partial charge is 0.251 e. The van der Waals surface area contributed by atoms with Crippen molar-refractivity contribution in [3.63, 3.8) is 0 Å². The number of amides is 1. The van der Waals surface area contributed by atoms with Gasteiger partial charge < -0.3 is 10.6 Å². The number of carbonyl (C=O) groups excluding carboxylic acids is 1. The molecule has 1 heterocycles. The molecule has 1 aliphatic carbocycles. The average Bonchev–Trinajstić information content (AvgIpc) is 2.48. The zero-order valence-electron chi connectivity index (χ0n) is 12.3. The Morgan fingerprint density at radius 1 is 1.29 bits per heavy atom. The third-order valence-corrected chi connectivity index (χ3v) is 4.86. The molecular formula is C17H23FN2O. The number of benzene rings is 1. The number of hydrogen-bond donors (Lipinski definition) is 2. The van der Waals surface area contributed by atoms with Crippen LogP contribution >= 0.6 is 0 Å². The van der Waals surface area contributed by atoms with E-state index >= 15 is 0 Å². The van der Waals surface area contributed by atoms with Crippen LogP contribution in [-0.4, -0.2) is 24.0 Å². The summed E-state index contributed by atoms with van der Waals surface area (Å²) in [7, 11) is 0. The molecule has 0 radical (unpaired) electrons. The Bertz CT molecular complexity index is 506. The van der Waals surface area contributed by atoms with E-state index in [0.717, 1.165) is 19.4 Å². The van der Waals surface area contributed by atoms with Gasteiger partial charge in [0.05, 0.1) is 0 Å². The minimum Gasteiger partial charge on any atom is -0.349 e. The van der Waals surface area contributed by atoms with Gasteiger partial charge >= 0.3 is 0 Å². The first-order valence-electron chi connectivity index (χ1n) is 7.98. The number of nitrogens with one attached hydrogen (secondary N) is 2. The van der Waals surface area contributed by atoms with Gasteiger partial charge in [-0.3, -0.25) is 4.79 Å². The molecule has 2 fully saturated rings. The molecule has 0 bridgehead atoms. The second kappa shape index (κ2) is 6.14. The van der Waals surface area contributed by atoms with Crippen LogP contribution in [0.2, 0.25) is 0 Å². The highest BCUT2D eigenvalue weighted by Crippen LogP contribution is 2.34. The SMILES string of the molecule is O=C(NC1CCNC2(CCCCC2)C1)c1cccc(F)c1. The molecule has 2 N–H and O–H groups in total. The van der Waals surface area contributed by atoms with Gasteiger partial charge in [0.2, 0.25) is 0 Å². The Hall–Kier alpha value is -1.42. The van der Waals surface area contributed by atoms with Crippen molar-refractivity contribution in [2.75, 3.05) is 6.54 Å². The largest absolute Gasteiger partial charge is 0.349 e. The molecule has 3 rings (SSSR count). The fourth-order valence-electron chi connectivity index (χ4n) is 3.79. The molecule has 4 heteroatoms. The Morgan fingerprint density at radius 2 is 2.10 bits per heavy atom. The van der Waals surface area contributed by atoms with Crippen LogP contribution in [0.1, 0.15) is 55.3 Å². The predicted molar refractivity (Wildman–Crippen MR) is 80.7 cm³/mol. The number of rotatable bonds is 2. The summed E-state index contributed by atoms with van der Waals surface area (Å²) in [6, 6.07) is 6.09. The number of hydrogen-bond acceptors (Lipinski definition) is 2. The monoisotopic (exact) mass is 290 g/mol. The highest BCUT2D eigenvalue weighted by atomic mass is 19.1. The molecule has 1 spiro atoms. The summed E-state index contributed by atoms with van der Waals surface area (Å²) < 4.78 is 13.2. The second-order valence-corrected chi connectivity index (χ2v) is 6.44. The first-order valence-corrected chi connectivity index (χ1v) is 7.98. The van der Waals surface area contributed by atoms with E-state index in [1.807, 2.05) is 0 Å². The molecule has 114 valence electrons. The Morgan fingerprint density at radius 3 is 2.86 bits per heavy atom. The van der Waals surface area contributed by atoms with E-state index in [9.17, 15) is 9.18 Å². The van der Waals surface area contributed by atoms with Crippen LogP contribution in [-0.2, 0) is 0 Å². The quantitative estimate of drug-likeness (QED) is 0.879. The normalized spacial score (nSPS) is 24.7. The van der Waals surface area contributed by atoms with Crippen molar-refractivity contribution in [2.24, 2.45) is 0 Å². The van der Waals surface area contributed by atoms with E-state index in [1.165, 1.54) is 44.2 Å². The summed E-state index contributed by atoms with van der Waals surface area (Å²) in [5, 5.41) is 6.76. The lowest BCUT2D eigenvalue weighted by Crippen LogP contribution is -2.57. The molecule has 1 saturated heterocycles. The first-order chi connectivity index (χ1) is 10.2. The summed E-state index contributed by atoms with van der Waals surface area (Å²) in [5.41, 5.74) is 0.627. The second-order valence-electron chi connectivity index (χ2n) is 6.44. The van der Waals surface area contributed by atoms with Crippen LogP contribution in [0.4, 0.5) is 4.39 Å². The molecule has 1 aliphatic heterocycles. The van der Waals surface area contributed by atoms with Gasteiger partial charge in [-0.2, -0.15) is 0 Å². The van der Waals surface area contributed by atoms with Crippen LogP contribution in [0.3, 0.4) is 0 Å². The molecule has 1 aromatic carbocycles. The van der Waals surface area contributed by atoms with Gasteiger partial charge in [0, 0.05) is 17.1 Å². The molecule has 1 unspecified atom stereocenters. The molecule has 1 atom stereocenters. The molecule has 1 aromatic rings. The first kappa shape index (κ1) is 14.5. The average molecular weight is 290 g/mol. The molecule has 0 aromatic heterocycles. The zero-order chi connectivity index (χ0) is 14.7. The summed E-state index contributed by atoms with van der Waals surface area (Å²) in [5.74, 6) is -0.524. The lowest BCUT2D eigenvalue weighted by Gasteiger charge is -2.44. The van der Waals surface area contributed by atoms with E-state index in [2.05, 4.69) is 10.6 Å². The molecule has 1 saturated carbocycles. The maximum absolute atomic E-state index is 13.2. The van der Waals surface area contributed by atoms with E-state index < -0.39 is 0 Å². The summed E-state index contributed by atoms with van der Waals surface area (Å²) in [6.45, 7) is 0.952. The molecular weight excluding hydrogens is 267 g/mol. The number of carbonyl (C=O) groups is 1. The molecule has 21 heavy (non-hydrogen) atoms. The minimum absolute atomic E-state index is 0.160. The predicted octanol–water partition coefficient (Wildman–Crippen LogP) is 3.01. The van der Waals surface area contributed by atoms with Gasteiger partial charge in [-0.05, 0) is 50.4 Å². The topological polar surface area (TPSA) is 41.1 Å². The van der Waals surface area contributed by atoms with Crippen molar-refractivity contribution >= 4 is 5.91 Å². The van der Waals surface area contributed by atoms with Gasteiger partial charge in [-0.15, -0.1) is 0 Å². The maximum atomic E-state index is 13.2. The Balaban J connectivity index is 1.63. The highest BCUT2D eigenvalue weighted by Gasteiger charge is 2.37. The highest BCUT2D eigenvalue weighted by molar-refractivity contribution is 5.94. The van der Waals surface area contributed by atoms with Gasteiger partial charge in [0.1, 0.15) is 5.82 Å². The van der Waals surface area contributed by atoms with Crippen molar-refractivity contribution in [3.05, 3.63) is 35.6 Å². The number of piperidine rings is 1. The maximum Gasteiger partial charge on any atom is 0.251 e. The van der Waals surface area contributed by atoms with Crippen LogP contribution in [0.25, 0.3) is 0 Å². The van der Waals surface area contributed by atoms with Crippen LogP contribution in [0.15, 0.2) is 24.3 Å². The van der Waals surface area contributed by atoms with Gasteiger partial charge in [0.25, 0.3) is 5.91 Å². The van der Waals surface area contributed by atoms with Gasteiger partial charge in [0.15, 0.2) is 0 Å². The van der Waals surface area contributed by atoms with Crippen molar-refractivity contribution in [1.29, 1.82) is 0 Å². The Kier molecular flexibility index (Phi) is 4.24. The van der Waals surface area contributed by atoms with Crippen molar-refractivity contribution < 1.29 is 9.18 Å². The van der Waals surface area contributed by atoms with Gasteiger partial charge in [-0.25, -0.2) is 4.39 Å². The zero-order valence-corrected chi connectivity index (χ0v) is 12.3. The van der Waals surface area contributed by atoms with Crippen molar-refractivity contribution in [2.45, 2.75) is 56.5 Å². The number of halogens is 1. The van der Waals surface area contributed by atoms with Crippen molar-refractivity contribution in [1.82, 2.24) is 10.6 Å². The summed E-state index contributed by atoms with van der Waals surface area (Å²) >= 11 is 0. The summed E-state index contributed by atoms with van der Waals surface area (Å²) in [6.07, 6.45) is 8.23. The minimum atomic E-state index is -0.364. The molecule has 3 nitrogen and oxygen atoms in total. The van der Waals surface area contributed by atoms with E-state index in [0.29, 0.717) is 5.56 Å². The van der Waals surface area contributed by atoms with Crippen LogP contribution < -0.4 is 10.6 Å². The molecule has 2 aliphatic rings. The van der Waals surface area contributed by atoms with E-state index in [1.54, 1.807) is 12.1 Å². The van der Waals surface area contributed by atoms with Gasteiger partial charge in [-0.1, -0.05) is 25.3 Å².